The summed E-state index contributed by atoms with van der Waals surface area (Å²) >= 11 is 0. The topological polar surface area (TPSA) is 23.6 Å². The Labute approximate surface area is 74.3 Å². The first-order chi connectivity index (χ1) is 5.37. The Kier molecular flexibility index (Phi) is 2.17. The van der Waals surface area contributed by atoms with Gasteiger partial charge in [-0.25, -0.2) is 0 Å². The summed E-state index contributed by atoms with van der Waals surface area (Å²) in [4.78, 5) is 15.7. The highest BCUT2D eigenvalue weighted by atomic mass is 16.2. The molecule has 12 heavy (non-hydrogen) atoms. The van der Waals surface area contributed by atoms with Crippen LogP contribution in [-0.4, -0.2) is 47.9 Å². The minimum absolute atomic E-state index is 0.212. The maximum atomic E-state index is 11.8. The molecule has 0 aromatic rings. The van der Waals surface area contributed by atoms with Gasteiger partial charge in [0.15, 0.2) is 0 Å². The molecule has 0 aromatic heterocycles. The maximum Gasteiger partial charge on any atom is 0.242 e. The molecule has 1 saturated heterocycles. The molecule has 70 valence electrons. The van der Waals surface area contributed by atoms with Gasteiger partial charge in [-0.15, -0.1) is 0 Å². The van der Waals surface area contributed by atoms with Crippen molar-refractivity contribution in [3.63, 3.8) is 0 Å². The average Bonchev–Trinajstić information content (AvgIpc) is 1.99. The fourth-order valence-electron chi connectivity index (χ4n) is 1.54. The molecule has 0 spiro atoms. The van der Waals surface area contributed by atoms with Crippen molar-refractivity contribution in [1.29, 1.82) is 0 Å². The third-order valence-electron chi connectivity index (χ3n) is 3.00. The van der Waals surface area contributed by atoms with E-state index in [9.17, 15) is 4.79 Å². The van der Waals surface area contributed by atoms with Crippen molar-refractivity contribution < 1.29 is 4.79 Å². The molecule has 0 N–H and O–H groups in total. The molecule has 0 radical (unpaired) electrons. The largest absolute Gasteiger partial charge is 0.340 e. The van der Waals surface area contributed by atoms with Crippen LogP contribution in [0.5, 0.6) is 0 Å². The molecule has 1 fully saturated rings. The van der Waals surface area contributed by atoms with Gasteiger partial charge in [0.1, 0.15) is 0 Å². The summed E-state index contributed by atoms with van der Waals surface area (Å²) in [5.74, 6) is 0.212. The minimum atomic E-state index is -0.332. The molecule has 1 aliphatic heterocycles. The van der Waals surface area contributed by atoms with E-state index in [1.165, 1.54) is 0 Å². The van der Waals surface area contributed by atoms with E-state index in [1.807, 2.05) is 32.8 Å². The van der Waals surface area contributed by atoms with E-state index in [0.717, 1.165) is 6.54 Å². The molecule has 1 rings (SSSR count). The first-order valence-corrected chi connectivity index (χ1v) is 4.36. The van der Waals surface area contributed by atoms with Crippen LogP contribution in [0.4, 0.5) is 0 Å². The van der Waals surface area contributed by atoms with Gasteiger partial charge in [-0.3, -0.25) is 9.69 Å². The number of likely N-dealkylation sites (N-methyl/N-ethyl adjacent to an activating group) is 2. The highest BCUT2D eigenvalue weighted by molar-refractivity contribution is 5.86. The normalized spacial score (nSPS) is 30.9. The van der Waals surface area contributed by atoms with Crippen molar-refractivity contribution >= 4 is 5.91 Å². The molecule has 1 amide bonds. The van der Waals surface area contributed by atoms with Gasteiger partial charge in [-0.2, -0.15) is 0 Å². The highest BCUT2D eigenvalue weighted by Gasteiger charge is 2.40. The lowest BCUT2D eigenvalue weighted by molar-refractivity contribution is -0.149. The van der Waals surface area contributed by atoms with Gasteiger partial charge in [0, 0.05) is 19.6 Å². The Morgan fingerprint density at radius 2 is 1.92 bits per heavy atom. The molecule has 1 aliphatic rings. The van der Waals surface area contributed by atoms with Crippen molar-refractivity contribution in [3.05, 3.63) is 0 Å². The highest BCUT2D eigenvalue weighted by Crippen LogP contribution is 2.22. The molecule has 1 unspecified atom stereocenters. The van der Waals surface area contributed by atoms with Crippen molar-refractivity contribution in [2.75, 3.05) is 20.6 Å². The van der Waals surface area contributed by atoms with Crippen LogP contribution in [0.15, 0.2) is 0 Å². The van der Waals surface area contributed by atoms with Crippen LogP contribution in [0.25, 0.3) is 0 Å². The van der Waals surface area contributed by atoms with E-state index in [0.29, 0.717) is 6.04 Å². The predicted octanol–water partition coefficient (Wildman–Crippen LogP) is 0.557. The number of carbonyl (C=O) groups is 1. The Hall–Kier alpha value is -0.570. The minimum Gasteiger partial charge on any atom is -0.340 e. The summed E-state index contributed by atoms with van der Waals surface area (Å²) in [6.45, 7) is 6.97. The summed E-state index contributed by atoms with van der Waals surface area (Å²) in [5.41, 5.74) is -0.332. The van der Waals surface area contributed by atoms with E-state index in [4.69, 9.17) is 0 Å². The molecule has 0 aromatic carbocycles. The summed E-state index contributed by atoms with van der Waals surface area (Å²) in [6.07, 6.45) is 0. The zero-order valence-corrected chi connectivity index (χ0v) is 8.59. The quantitative estimate of drug-likeness (QED) is 0.530. The summed E-state index contributed by atoms with van der Waals surface area (Å²) < 4.78 is 0. The van der Waals surface area contributed by atoms with Crippen LogP contribution in [0, 0.1) is 0 Å². The molecular weight excluding hydrogens is 152 g/mol. The van der Waals surface area contributed by atoms with Crippen LogP contribution in [0.3, 0.4) is 0 Å². The van der Waals surface area contributed by atoms with E-state index < -0.39 is 0 Å². The van der Waals surface area contributed by atoms with Crippen molar-refractivity contribution in [2.24, 2.45) is 0 Å². The number of carbonyl (C=O) groups excluding carboxylic acids is 1. The third-order valence-corrected chi connectivity index (χ3v) is 3.00. The Morgan fingerprint density at radius 3 is 2.42 bits per heavy atom. The summed E-state index contributed by atoms with van der Waals surface area (Å²) in [6, 6.07) is 0.329. The SMILES string of the molecule is CC1CN(C)C(C)(C)C(=O)N1C. The smallest absolute Gasteiger partial charge is 0.242 e. The number of amides is 1. The second-order valence-electron chi connectivity index (χ2n) is 4.20. The fourth-order valence-corrected chi connectivity index (χ4v) is 1.54. The molecule has 1 heterocycles. The number of rotatable bonds is 0. The molecule has 3 heteroatoms. The number of nitrogens with zero attached hydrogens (tertiary/aromatic N) is 2. The summed E-state index contributed by atoms with van der Waals surface area (Å²) in [5, 5.41) is 0. The molecule has 0 saturated carbocycles. The van der Waals surface area contributed by atoms with Gasteiger partial charge >= 0.3 is 0 Å². The van der Waals surface area contributed by atoms with Crippen molar-refractivity contribution in [1.82, 2.24) is 9.80 Å². The zero-order valence-electron chi connectivity index (χ0n) is 8.59. The maximum absolute atomic E-state index is 11.8. The second kappa shape index (κ2) is 2.73. The van der Waals surface area contributed by atoms with E-state index >= 15 is 0 Å². The van der Waals surface area contributed by atoms with E-state index in [2.05, 4.69) is 11.8 Å². The van der Waals surface area contributed by atoms with Crippen LogP contribution in [0.2, 0.25) is 0 Å². The van der Waals surface area contributed by atoms with Gasteiger partial charge < -0.3 is 4.90 Å². The first-order valence-electron chi connectivity index (χ1n) is 4.36. The van der Waals surface area contributed by atoms with Crippen molar-refractivity contribution in [3.8, 4) is 0 Å². The van der Waals surface area contributed by atoms with Gasteiger partial charge in [0.25, 0.3) is 0 Å². The van der Waals surface area contributed by atoms with E-state index in [-0.39, 0.29) is 11.4 Å². The van der Waals surface area contributed by atoms with Crippen LogP contribution in [0.1, 0.15) is 20.8 Å². The van der Waals surface area contributed by atoms with Gasteiger partial charge in [0.2, 0.25) is 5.91 Å². The van der Waals surface area contributed by atoms with Gasteiger partial charge in [-0.05, 0) is 27.8 Å². The monoisotopic (exact) mass is 170 g/mol. The Morgan fingerprint density at radius 1 is 1.42 bits per heavy atom. The van der Waals surface area contributed by atoms with E-state index in [1.54, 1.807) is 0 Å². The molecule has 0 bridgehead atoms. The number of hydrogen-bond donors (Lipinski definition) is 0. The lowest BCUT2D eigenvalue weighted by Gasteiger charge is -2.46. The van der Waals surface area contributed by atoms with Crippen LogP contribution < -0.4 is 0 Å². The zero-order chi connectivity index (χ0) is 9.52. The molecule has 0 aliphatic carbocycles. The fraction of sp³-hybridized carbons (Fsp3) is 0.889. The lowest BCUT2D eigenvalue weighted by atomic mass is 9.96. The Balaban J connectivity index is 2.88. The van der Waals surface area contributed by atoms with Crippen LogP contribution in [-0.2, 0) is 4.79 Å². The second-order valence-corrected chi connectivity index (χ2v) is 4.20. The lowest BCUT2D eigenvalue weighted by Crippen LogP contribution is -2.63. The third kappa shape index (κ3) is 1.22. The van der Waals surface area contributed by atoms with Crippen molar-refractivity contribution in [2.45, 2.75) is 32.4 Å². The molecule has 1 atom stereocenters. The molecular formula is C9H18N2O. The number of hydrogen-bond acceptors (Lipinski definition) is 2. The number of piperazine rings is 1. The predicted molar refractivity (Wildman–Crippen MR) is 48.9 cm³/mol. The summed E-state index contributed by atoms with van der Waals surface area (Å²) in [7, 11) is 3.88. The van der Waals surface area contributed by atoms with Gasteiger partial charge in [0.05, 0.1) is 5.54 Å². The molecule has 3 nitrogen and oxygen atoms in total. The van der Waals surface area contributed by atoms with Gasteiger partial charge in [-0.1, -0.05) is 0 Å². The standard InChI is InChI=1S/C9H18N2O/c1-7-6-10(4)9(2,3)8(12)11(7)5/h7H,6H2,1-5H3. The average molecular weight is 170 g/mol. The first kappa shape index (κ1) is 9.52. The van der Waals surface area contributed by atoms with Crippen LogP contribution >= 0.6 is 0 Å². The Bertz CT molecular complexity index is 201.